The van der Waals surface area contributed by atoms with E-state index in [1.54, 1.807) is 18.2 Å². The van der Waals surface area contributed by atoms with Crippen molar-refractivity contribution in [2.45, 2.75) is 9.24 Å². The SMILES string of the molecule is O=S(=O)(Nc1ncccn1)c1ccc(N=NSc2nc3ccccc3s2)cc1. The highest BCUT2D eigenvalue weighted by Gasteiger charge is 2.15. The summed E-state index contributed by atoms with van der Waals surface area (Å²) in [5.74, 6) is 0.0125. The molecule has 0 atom stereocenters. The summed E-state index contributed by atoms with van der Waals surface area (Å²) in [7, 11) is -3.77. The quantitative estimate of drug-likeness (QED) is 0.353. The van der Waals surface area contributed by atoms with Gasteiger partial charge in [0.15, 0.2) is 4.34 Å². The molecule has 4 rings (SSSR count). The zero-order chi connectivity index (χ0) is 19.4. The molecule has 0 radical (unpaired) electrons. The third-order valence-electron chi connectivity index (χ3n) is 3.49. The molecule has 0 saturated carbocycles. The first-order valence-corrected chi connectivity index (χ1v) is 11.0. The van der Waals surface area contributed by atoms with E-state index in [9.17, 15) is 8.42 Å². The lowest BCUT2D eigenvalue weighted by Crippen LogP contribution is -2.14. The first-order chi connectivity index (χ1) is 13.6. The van der Waals surface area contributed by atoms with Gasteiger partial charge in [0.25, 0.3) is 10.0 Å². The fraction of sp³-hybridized carbons (Fsp3) is 0. The first kappa shape index (κ1) is 18.5. The number of hydrogen-bond donors (Lipinski definition) is 1. The van der Waals surface area contributed by atoms with Crippen molar-refractivity contribution in [3.05, 3.63) is 67.0 Å². The van der Waals surface area contributed by atoms with E-state index >= 15 is 0 Å². The second-order valence-corrected chi connectivity index (χ2v) is 9.10. The maximum atomic E-state index is 12.3. The van der Waals surface area contributed by atoms with Crippen molar-refractivity contribution < 1.29 is 8.42 Å². The number of para-hydroxylation sites is 1. The summed E-state index contributed by atoms with van der Waals surface area (Å²) in [4.78, 5) is 12.2. The van der Waals surface area contributed by atoms with Crippen LogP contribution >= 0.6 is 23.3 Å². The molecule has 0 aliphatic heterocycles. The Bertz CT molecular complexity index is 1190. The molecule has 0 spiro atoms. The molecule has 0 unspecified atom stereocenters. The molecule has 0 aliphatic carbocycles. The number of anilines is 1. The van der Waals surface area contributed by atoms with Gasteiger partial charge in [-0.05, 0) is 42.5 Å². The highest BCUT2D eigenvalue weighted by Crippen LogP contribution is 2.31. The number of benzene rings is 2. The van der Waals surface area contributed by atoms with Gasteiger partial charge in [-0.3, -0.25) is 0 Å². The smallest absolute Gasteiger partial charge is 0.247 e. The second kappa shape index (κ2) is 8.00. The third-order valence-corrected chi connectivity index (χ3v) is 6.55. The Kier molecular flexibility index (Phi) is 5.28. The maximum absolute atomic E-state index is 12.3. The molecule has 2 aromatic heterocycles. The minimum atomic E-state index is -3.77. The van der Waals surface area contributed by atoms with Gasteiger partial charge in [-0.2, -0.15) is 0 Å². The van der Waals surface area contributed by atoms with E-state index in [4.69, 9.17) is 0 Å². The van der Waals surface area contributed by atoms with Crippen molar-refractivity contribution in [2.24, 2.45) is 9.63 Å². The molecule has 0 bridgehead atoms. The number of nitrogens with one attached hydrogen (secondary N) is 1. The summed E-state index contributed by atoms with van der Waals surface area (Å²) in [6, 6.07) is 15.5. The fourth-order valence-electron chi connectivity index (χ4n) is 2.22. The molecule has 8 nitrogen and oxygen atoms in total. The van der Waals surface area contributed by atoms with Crippen molar-refractivity contribution in [2.75, 3.05) is 4.72 Å². The lowest BCUT2D eigenvalue weighted by Gasteiger charge is -2.05. The van der Waals surface area contributed by atoms with Gasteiger partial charge in [-0.1, -0.05) is 12.1 Å². The molecule has 4 aromatic rings. The van der Waals surface area contributed by atoms with E-state index in [0.717, 1.165) is 14.6 Å². The Morgan fingerprint density at radius 2 is 1.71 bits per heavy atom. The zero-order valence-electron chi connectivity index (χ0n) is 14.1. The van der Waals surface area contributed by atoms with Crippen LogP contribution in [0.25, 0.3) is 10.2 Å². The van der Waals surface area contributed by atoms with Gasteiger partial charge in [0.05, 0.1) is 32.7 Å². The topological polar surface area (TPSA) is 110 Å². The predicted molar refractivity (Wildman–Crippen MR) is 109 cm³/mol. The number of sulfonamides is 1. The van der Waals surface area contributed by atoms with E-state index in [1.807, 2.05) is 24.3 Å². The van der Waals surface area contributed by atoms with Crippen LogP contribution in [0.5, 0.6) is 0 Å². The van der Waals surface area contributed by atoms with Gasteiger partial charge in [0.1, 0.15) is 0 Å². The average Bonchev–Trinajstić information content (AvgIpc) is 3.12. The summed E-state index contributed by atoms with van der Waals surface area (Å²) >= 11 is 2.71. The lowest BCUT2D eigenvalue weighted by molar-refractivity contribution is 0.601. The Morgan fingerprint density at radius 3 is 2.46 bits per heavy atom. The Labute approximate surface area is 169 Å². The van der Waals surface area contributed by atoms with Crippen molar-refractivity contribution in [1.29, 1.82) is 0 Å². The molecular weight excluding hydrogens is 416 g/mol. The third kappa shape index (κ3) is 4.32. The van der Waals surface area contributed by atoms with E-state index in [2.05, 4.69) is 29.3 Å². The Morgan fingerprint density at radius 1 is 0.964 bits per heavy atom. The molecule has 28 heavy (non-hydrogen) atoms. The van der Waals surface area contributed by atoms with Crippen LogP contribution in [-0.2, 0) is 10.0 Å². The Hall–Kier alpha value is -2.89. The summed E-state index contributed by atoms with van der Waals surface area (Å²) in [6.45, 7) is 0. The van der Waals surface area contributed by atoms with E-state index in [0.29, 0.717) is 5.69 Å². The molecule has 140 valence electrons. The molecule has 0 amide bonds. The van der Waals surface area contributed by atoms with Gasteiger partial charge in [-0.25, -0.2) is 28.1 Å². The van der Waals surface area contributed by atoms with Crippen LogP contribution in [0.15, 0.2) is 85.9 Å². The largest absolute Gasteiger partial charge is 0.264 e. The van der Waals surface area contributed by atoms with Crippen molar-refractivity contribution >= 4 is 55.2 Å². The number of rotatable bonds is 6. The molecule has 2 heterocycles. The minimum absolute atomic E-state index is 0.0125. The highest BCUT2D eigenvalue weighted by molar-refractivity contribution is 7.99. The fourth-order valence-corrected chi connectivity index (χ4v) is 4.73. The molecule has 0 aliphatic rings. The number of thiazole rings is 1. The molecule has 2 aromatic carbocycles. The highest BCUT2D eigenvalue weighted by atomic mass is 32.2. The molecular formula is C17H12N6O2S3. The molecule has 0 fully saturated rings. The summed E-state index contributed by atoms with van der Waals surface area (Å²) < 4.78 is 32.9. The number of hydrogen-bond acceptors (Lipinski definition) is 9. The molecule has 0 saturated heterocycles. The van der Waals surface area contributed by atoms with Crippen molar-refractivity contribution in [1.82, 2.24) is 15.0 Å². The number of fused-ring (bicyclic) bond motifs is 1. The van der Waals surface area contributed by atoms with Crippen molar-refractivity contribution in [3.8, 4) is 0 Å². The summed E-state index contributed by atoms with van der Waals surface area (Å²) in [5, 5.41) is 4.09. The summed E-state index contributed by atoms with van der Waals surface area (Å²) in [6.07, 6.45) is 2.91. The van der Waals surface area contributed by atoms with Gasteiger partial charge in [-0.15, -0.1) is 21.0 Å². The van der Waals surface area contributed by atoms with Gasteiger partial charge >= 0.3 is 0 Å². The monoisotopic (exact) mass is 428 g/mol. The number of nitrogens with zero attached hydrogens (tertiary/aromatic N) is 5. The first-order valence-electron chi connectivity index (χ1n) is 7.94. The normalized spacial score (nSPS) is 11.9. The van der Waals surface area contributed by atoms with Gasteiger partial charge < -0.3 is 0 Å². The van der Waals surface area contributed by atoms with Crippen LogP contribution in [0.2, 0.25) is 0 Å². The maximum Gasteiger partial charge on any atom is 0.264 e. The van der Waals surface area contributed by atoms with Gasteiger partial charge in [0, 0.05) is 12.4 Å². The van der Waals surface area contributed by atoms with E-state index in [-0.39, 0.29) is 10.8 Å². The van der Waals surface area contributed by atoms with E-state index < -0.39 is 10.0 Å². The zero-order valence-corrected chi connectivity index (χ0v) is 16.6. The van der Waals surface area contributed by atoms with Crippen LogP contribution < -0.4 is 4.72 Å². The van der Waals surface area contributed by atoms with Gasteiger partial charge in [0.2, 0.25) is 5.95 Å². The van der Waals surface area contributed by atoms with Crippen LogP contribution in [0.4, 0.5) is 11.6 Å². The van der Waals surface area contributed by atoms with E-state index in [1.165, 1.54) is 47.8 Å². The average molecular weight is 429 g/mol. The lowest BCUT2D eigenvalue weighted by atomic mass is 10.3. The van der Waals surface area contributed by atoms with Crippen molar-refractivity contribution in [3.63, 3.8) is 0 Å². The molecule has 11 heteroatoms. The number of aromatic nitrogens is 3. The Balaban J connectivity index is 1.43. The van der Waals surface area contributed by atoms with Crippen LogP contribution in [0, 0.1) is 0 Å². The second-order valence-electron chi connectivity index (χ2n) is 5.39. The van der Waals surface area contributed by atoms with Crippen LogP contribution in [0.1, 0.15) is 0 Å². The van der Waals surface area contributed by atoms with Crippen LogP contribution in [0.3, 0.4) is 0 Å². The summed E-state index contributed by atoms with van der Waals surface area (Å²) in [5.41, 5.74) is 1.46. The standard InChI is InChI=1S/C17H12N6O2S3/c24-28(25,22-16-18-10-3-11-19-16)13-8-6-12(7-9-13)21-23-27-17-20-14-4-1-2-5-15(14)26-17/h1-11H,(H,18,19,22). The predicted octanol–water partition coefficient (Wildman–Crippen LogP) is 4.68. The minimum Gasteiger partial charge on any atom is -0.247 e. The molecule has 1 N–H and O–H groups in total. The van der Waals surface area contributed by atoms with Crippen LogP contribution in [-0.4, -0.2) is 23.4 Å².